The van der Waals surface area contributed by atoms with Crippen molar-refractivity contribution in [3.63, 3.8) is 0 Å². The Labute approximate surface area is 132 Å². The van der Waals surface area contributed by atoms with E-state index in [9.17, 15) is 4.79 Å². The fourth-order valence-corrected chi connectivity index (χ4v) is 4.17. The predicted molar refractivity (Wildman–Crippen MR) is 82.8 cm³/mol. The molecule has 7 heteroatoms. The van der Waals surface area contributed by atoms with Crippen LogP contribution in [-0.4, -0.2) is 51.1 Å². The van der Waals surface area contributed by atoms with Gasteiger partial charge >= 0.3 is 0 Å². The molecule has 1 N–H and O–H groups in total. The van der Waals surface area contributed by atoms with Gasteiger partial charge in [0.2, 0.25) is 0 Å². The van der Waals surface area contributed by atoms with E-state index in [1.54, 1.807) is 12.4 Å². The lowest BCUT2D eigenvalue weighted by Crippen LogP contribution is -2.55. The zero-order chi connectivity index (χ0) is 15.0. The maximum absolute atomic E-state index is 12.9. The number of rotatable bonds is 2. The Bertz CT molecular complexity index is 661. The first kappa shape index (κ1) is 13.9. The van der Waals surface area contributed by atoms with Gasteiger partial charge in [-0.05, 0) is 25.7 Å². The third-order valence-electron chi connectivity index (χ3n) is 4.60. The van der Waals surface area contributed by atoms with Gasteiger partial charge in [0.05, 0.1) is 12.1 Å². The summed E-state index contributed by atoms with van der Waals surface area (Å²) in [6.45, 7) is 2.21. The average Bonchev–Trinajstić information content (AvgIpc) is 3.28. The van der Waals surface area contributed by atoms with Crippen LogP contribution in [0.25, 0.3) is 10.8 Å². The lowest BCUT2D eigenvalue weighted by Gasteiger charge is -2.43. The summed E-state index contributed by atoms with van der Waals surface area (Å²) in [5.41, 5.74) is 0.411. The topological polar surface area (TPSA) is 71.1 Å². The lowest BCUT2D eigenvalue weighted by molar-refractivity contribution is 0.0251. The highest BCUT2D eigenvalue weighted by molar-refractivity contribution is 7.13. The van der Waals surface area contributed by atoms with Crippen LogP contribution in [0.3, 0.4) is 0 Å². The number of carbonyl (C=O) groups is 1. The summed E-state index contributed by atoms with van der Waals surface area (Å²) in [4.78, 5) is 26.6. The summed E-state index contributed by atoms with van der Waals surface area (Å²) in [6, 6.07) is 0. The van der Waals surface area contributed by atoms with Crippen LogP contribution in [0.1, 0.15) is 36.2 Å². The predicted octanol–water partition coefficient (Wildman–Crippen LogP) is 2.32. The molecule has 0 aliphatic carbocycles. The first-order valence-corrected chi connectivity index (χ1v) is 8.51. The van der Waals surface area contributed by atoms with E-state index in [4.69, 9.17) is 4.74 Å². The number of ether oxygens (including phenoxy) is 1. The lowest BCUT2D eigenvalue weighted by atomic mass is 9.85. The first-order valence-electron chi connectivity index (χ1n) is 7.64. The molecule has 0 saturated carbocycles. The minimum Gasteiger partial charge on any atom is -0.379 e. The van der Waals surface area contributed by atoms with Crippen LogP contribution in [0, 0.1) is 0 Å². The van der Waals surface area contributed by atoms with Crippen LogP contribution >= 0.6 is 11.3 Å². The number of piperidine rings is 1. The summed E-state index contributed by atoms with van der Waals surface area (Å²) >= 11 is 1.45. The number of carbonyl (C=O) groups excluding carboxylic acids is 1. The van der Waals surface area contributed by atoms with E-state index in [1.807, 2.05) is 10.3 Å². The van der Waals surface area contributed by atoms with Gasteiger partial charge in [-0.2, -0.15) is 0 Å². The van der Waals surface area contributed by atoms with Crippen LogP contribution in [0.15, 0.2) is 17.8 Å². The number of likely N-dealkylation sites (tertiary alicyclic amines) is 1. The number of amides is 1. The molecule has 2 aliphatic rings. The second kappa shape index (κ2) is 5.48. The van der Waals surface area contributed by atoms with E-state index in [0.29, 0.717) is 18.1 Å². The Kier molecular flexibility index (Phi) is 3.46. The van der Waals surface area contributed by atoms with Crippen LogP contribution in [0.2, 0.25) is 0 Å². The van der Waals surface area contributed by atoms with Crippen molar-refractivity contribution in [2.24, 2.45) is 0 Å². The van der Waals surface area contributed by atoms with E-state index < -0.39 is 0 Å². The molecular weight excluding hydrogens is 300 g/mol. The second-order valence-electron chi connectivity index (χ2n) is 5.92. The van der Waals surface area contributed by atoms with Crippen molar-refractivity contribution < 1.29 is 9.53 Å². The minimum atomic E-state index is -0.107. The Balaban J connectivity index is 1.60. The maximum Gasteiger partial charge on any atom is 0.273 e. The van der Waals surface area contributed by atoms with Crippen molar-refractivity contribution in [2.45, 2.75) is 31.2 Å². The molecule has 0 unspecified atom stereocenters. The average molecular weight is 318 g/mol. The smallest absolute Gasteiger partial charge is 0.273 e. The van der Waals surface area contributed by atoms with Crippen molar-refractivity contribution in [1.82, 2.24) is 19.9 Å². The van der Waals surface area contributed by atoms with Crippen molar-refractivity contribution in [3.05, 3.63) is 23.5 Å². The molecule has 2 fully saturated rings. The summed E-state index contributed by atoms with van der Waals surface area (Å²) < 4.78 is 5.59. The third kappa shape index (κ3) is 2.24. The molecule has 6 nitrogen and oxygen atoms in total. The molecule has 0 aromatic carbocycles. The van der Waals surface area contributed by atoms with Gasteiger partial charge in [-0.3, -0.25) is 4.79 Å². The number of nitrogens with one attached hydrogen (secondary N) is 1. The fraction of sp³-hybridized carbons (Fsp3) is 0.533. The van der Waals surface area contributed by atoms with Gasteiger partial charge in [-0.1, -0.05) is 0 Å². The highest BCUT2D eigenvalue weighted by atomic mass is 32.1. The summed E-state index contributed by atoms with van der Waals surface area (Å²) in [5, 5.41) is 2.58. The van der Waals surface area contributed by atoms with E-state index >= 15 is 0 Å². The van der Waals surface area contributed by atoms with Crippen molar-refractivity contribution in [2.75, 3.05) is 19.8 Å². The summed E-state index contributed by atoms with van der Waals surface area (Å²) in [6.07, 6.45) is 7.65. The molecule has 22 heavy (non-hydrogen) atoms. The van der Waals surface area contributed by atoms with E-state index in [0.717, 1.165) is 37.4 Å². The number of imidazole rings is 1. The molecule has 4 rings (SSSR count). The fourth-order valence-electron chi connectivity index (χ4n) is 3.42. The monoisotopic (exact) mass is 318 g/mol. The summed E-state index contributed by atoms with van der Waals surface area (Å²) in [5.74, 6) is 0.737. The molecule has 1 atom stereocenters. The molecule has 0 bridgehead atoms. The van der Waals surface area contributed by atoms with Crippen LogP contribution < -0.4 is 0 Å². The van der Waals surface area contributed by atoms with Gasteiger partial charge in [-0.25, -0.2) is 9.97 Å². The molecule has 2 aromatic rings. The number of hydrogen-bond acceptors (Lipinski definition) is 5. The van der Waals surface area contributed by atoms with Crippen molar-refractivity contribution in [3.8, 4) is 10.8 Å². The van der Waals surface area contributed by atoms with Crippen LogP contribution in [0.4, 0.5) is 0 Å². The number of nitrogens with zero attached hydrogens (tertiary/aromatic N) is 3. The molecule has 2 saturated heterocycles. The Morgan fingerprint density at radius 2 is 2.36 bits per heavy atom. The standard InChI is InChI=1S/C15H18N4O2S/c20-14(11-9-22-13(18-11)12-16-5-6-17-12)19-7-2-1-3-15(19)4-8-21-10-15/h5-6,9H,1-4,7-8,10H2,(H,16,17)/t15-/m0/s1. The Morgan fingerprint density at radius 3 is 3.14 bits per heavy atom. The molecule has 116 valence electrons. The van der Waals surface area contributed by atoms with Gasteiger partial charge in [-0.15, -0.1) is 11.3 Å². The maximum atomic E-state index is 12.9. The zero-order valence-corrected chi connectivity index (χ0v) is 13.1. The zero-order valence-electron chi connectivity index (χ0n) is 12.2. The highest BCUT2D eigenvalue weighted by Gasteiger charge is 2.45. The Morgan fingerprint density at radius 1 is 1.41 bits per heavy atom. The molecular formula is C15H18N4O2S. The van der Waals surface area contributed by atoms with Crippen molar-refractivity contribution >= 4 is 17.2 Å². The third-order valence-corrected chi connectivity index (χ3v) is 5.45. The normalized spacial score (nSPS) is 25.0. The van der Waals surface area contributed by atoms with E-state index in [-0.39, 0.29) is 11.4 Å². The van der Waals surface area contributed by atoms with Crippen molar-refractivity contribution in [1.29, 1.82) is 0 Å². The van der Waals surface area contributed by atoms with Gasteiger partial charge in [0.25, 0.3) is 5.91 Å². The van der Waals surface area contributed by atoms with E-state index in [1.165, 1.54) is 17.8 Å². The molecule has 1 amide bonds. The summed E-state index contributed by atoms with van der Waals surface area (Å²) in [7, 11) is 0. The molecule has 0 radical (unpaired) electrons. The number of thiazole rings is 1. The molecule has 2 aliphatic heterocycles. The number of aromatic nitrogens is 3. The van der Waals surface area contributed by atoms with Gasteiger partial charge in [0.1, 0.15) is 5.69 Å². The van der Waals surface area contributed by atoms with Gasteiger partial charge in [0, 0.05) is 30.9 Å². The first-order chi connectivity index (χ1) is 10.8. The molecule has 2 aromatic heterocycles. The Hall–Kier alpha value is -1.73. The van der Waals surface area contributed by atoms with E-state index in [2.05, 4.69) is 15.0 Å². The largest absolute Gasteiger partial charge is 0.379 e. The quantitative estimate of drug-likeness (QED) is 0.922. The van der Waals surface area contributed by atoms with Crippen LogP contribution in [0.5, 0.6) is 0 Å². The molecule has 4 heterocycles. The number of aromatic amines is 1. The second-order valence-corrected chi connectivity index (χ2v) is 6.77. The van der Waals surface area contributed by atoms with Gasteiger partial charge in [0.15, 0.2) is 10.8 Å². The van der Waals surface area contributed by atoms with Gasteiger partial charge < -0.3 is 14.6 Å². The number of hydrogen-bond donors (Lipinski definition) is 1. The SMILES string of the molecule is O=C(c1csc(-c2ncc[nH]2)n1)N1CCCC[C@@]12CCOC2. The molecule has 1 spiro atoms. The highest BCUT2D eigenvalue weighted by Crippen LogP contribution is 2.36. The van der Waals surface area contributed by atoms with Crippen LogP contribution in [-0.2, 0) is 4.74 Å². The number of H-pyrrole nitrogens is 1. The minimum absolute atomic E-state index is 0.0271.